The summed E-state index contributed by atoms with van der Waals surface area (Å²) >= 11 is 0. The van der Waals surface area contributed by atoms with E-state index in [1.165, 1.54) is 5.56 Å². The van der Waals surface area contributed by atoms with Crippen LogP contribution in [0.2, 0.25) is 0 Å². The molecule has 3 heteroatoms. The van der Waals surface area contributed by atoms with Crippen molar-refractivity contribution in [2.45, 2.75) is 26.1 Å². The maximum absolute atomic E-state index is 8.91. The van der Waals surface area contributed by atoms with Gasteiger partial charge < -0.3 is 10.8 Å². The predicted molar refractivity (Wildman–Crippen MR) is 62.3 cm³/mol. The molecule has 0 saturated heterocycles. The Hall–Kier alpha value is -0.900. The molecule has 1 aromatic carbocycles. The molecule has 1 aromatic rings. The van der Waals surface area contributed by atoms with Crippen molar-refractivity contribution >= 4 is 0 Å². The maximum Gasteiger partial charge on any atom is 0.0681 e. The molecule has 0 radical (unpaired) electrons. The number of rotatable bonds is 5. The molecule has 0 fully saturated rings. The number of hydrogen-bond donors (Lipinski definition) is 2. The summed E-state index contributed by atoms with van der Waals surface area (Å²) in [5.41, 5.74) is 7.79. The van der Waals surface area contributed by atoms with Crippen molar-refractivity contribution in [2.24, 2.45) is 5.73 Å². The van der Waals surface area contributed by atoms with E-state index in [1.807, 2.05) is 24.3 Å². The van der Waals surface area contributed by atoms with Gasteiger partial charge in [0.05, 0.1) is 6.61 Å². The van der Waals surface area contributed by atoms with Crippen LogP contribution in [0.25, 0.3) is 0 Å². The molecular weight excluding hydrogens is 188 g/mol. The van der Waals surface area contributed by atoms with Gasteiger partial charge in [-0.2, -0.15) is 0 Å². The number of nitrogens with zero attached hydrogens (tertiary/aromatic N) is 1. The maximum atomic E-state index is 8.91. The fourth-order valence-electron chi connectivity index (χ4n) is 1.37. The third-order valence-electron chi connectivity index (χ3n) is 2.73. The molecule has 15 heavy (non-hydrogen) atoms. The minimum atomic E-state index is 0.106. The van der Waals surface area contributed by atoms with Crippen LogP contribution in [0.15, 0.2) is 24.3 Å². The van der Waals surface area contributed by atoms with Crippen LogP contribution in [0.4, 0.5) is 0 Å². The highest BCUT2D eigenvalue weighted by Crippen LogP contribution is 2.08. The number of likely N-dealkylation sites (N-methyl/N-ethyl adjacent to an activating group) is 1. The lowest BCUT2D eigenvalue weighted by Gasteiger charge is -2.23. The smallest absolute Gasteiger partial charge is 0.0681 e. The Balaban J connectivity index is 2.57. The van der Waals surface area contributed by atoms with E-state index in [-0.39, 0.29) is 6.61 Å². The summed E-state index contributed by atoms with van der Waals surface area (Å²) in [4.78, 5) is 2.22. The number of aliphatic hydroxyl groups is 1. The van der Waals surface area contributed by atoms with Crippen molar-refractivity contribution < 1.29 is 5.11 Å². The first-order valence-corrected chi connectivity index (χ1v) is 5.26. The zero-order chi connectivity index (χ0) is 11.3. The summed E-state index contributed by atoms with van der Waals surface area (Å²) < 4.78 is 0. The number of nitrogens with two attached hydrogens (primary N) is 1. The van der Waals surface area contributed by atoms with E-state index in [4.69, 9.17) is 10.8 Å². The fraction of sp³-hybridized carbons (Fsp3) is 0.500. The normalized spacial score (nSPS) is 13.1. The Bertz CT molecular complexity index is 284. The largest absolute Gasteiger partial charge is 0.392 e. The summed E-state index contributed by atoms with van der Waals surface area (Å²) in [5, 5.41) is 8.91. The highest BCUT2D eigenvalue weighted by molar-refractivity contribution is 5.21. The summed E-state index contributed by atoms with van der Waals surface area (Å²) in [6.45, 7) is 3.78. The lowest BCUT2D eigenvalue weighted by molar-refractivity contribution is 0.254. The molecule has 1 unspecified atom stereocenters. The number of aliphatic hydroxyl groups excluding tert-OH is 1. The zero-order valence-corrected chi connectivity index (χ0v) is 9.48. The molecule has 0 bridgehead atoms. The molecule has 0 aliphatic carbocycles. The monoisotopic (exact) mass is 208 g/mol. The SMILES string of the molecule is CC(CN)N(C)Cc1ccc(CO)cc1. The van der Waals surface area contributed by atoms with Gasteiger partial charge in [0.1, 0.15) is 0 Å². The second kappa shape index (κ2) is 5.85. The van der Waals surface area contributed by atoms with Crippen LogP contribution in [0.3, 0.4) is 0 Å². The summed E-state index contributed by atoms with van der Waals surface area (Å²) in [7, 11) is 2.07. The molecule has 0 heterocycles. The molecule has 84 valence electrons. The van der Waals surface area contributed by atoms with Crippen LogP contribution >= 0.6 is 0 Å². The van der Waals surface area contributed by atoms with Crippen molar-refractivity contribution in [3.05, 3.63) is 35.4 Å². The van der Waals surface area contributed by atoms with Crippen LogP contribution in [0.1, 0.15) is 18.1 Å². The summed E-state index contributed by atoms with van der Waals surface area (Å²) in [5.74, 6) is 0. The van der Waals surface area contributed by atoms with Crippen LogP contribution < -0.4 is 5.73 Å². The third-order valence-corrected chi connectivity index (χ3v) is 2.73. The summed E-state index contributed by atoms with van der Waals surface area (Å²) in [6, 6.07) is 8.39. The lowest BCUT2D eigenvalue weighted by atomic mass is 10.1. The van der Waals surface area contributed by atoms with Crippen LogP contribution in [-0.4, -0.2) is 29.6 Å². The van der Waals surface area contributed by atoms with Gasteiger partial charge in [0, 0.05) is 19.1 Å². The first kappa shape index (κ1) is 12.2. The average Bonchev–Trinajstić information content (AvgIpc) is 2.29. The first-order chi connectivity index (χ1) is 7.17. The number of benzene rings is 1. The van der Waals surface area contributed by atoms with Crippen molar-refractivity contribution in [3.8, 4) is 0 Å². The fourth-order valence-corrected chi connectivity index (χ4v) is 1.37. The topological polar surface area (TPSA) is 49.5 Å². The van der Waals surface area contributed by atoms with Gasteiger partial charge in [-0.15, -0.1) is 0 Å². The van der Waals surface area contributed by atoms with E-state index in [0.717, 1.165) is 12.1 Å². The van der Waals surface area contributed by atoms with E-state index in [0.29, 0.717) is 12.6 Å². The Morgan fingerprint density at radius 1 is 1.27 bits per heavy atom. The molecule has 0 aliphatic rings. The van der Waals surface area contributed by atoms with E-state index in [1.54, 1.807) is 0 Å². The Kier molecular flexibility index (Phi) is 4.75. The van der Waals surface area contributed by atoms with Gasteiger partial charge in [0.2, 0.25) is 0 Å². The average molecular weight is 208 g/mol. The minimum absolute atomic E-state index is 0.106. The third kappa shape index (κ3) is 3.63. The van der Waals surface area contributed by atoms with E-state index < -0.39 is 0 Å². The Labute approximate surface area is 91.5 Å². The lowest BCUT2D eigenvalue weighted by Crippen LogP contribution is -2.34. The van der Waals surface area contributed by atoms with Crippen molar-refractivity contribution in [3.63, 3.8) is 0 Å². The van der Waals surface area contributed by atoms with E-state index in [2.05, 4.69) is 18.9 Å². The second-order valence-electron chi connectivity index (χ2n) is 3.97. The van der Waals surface area contributed by atoms with Gasteiger partial charge >= 0.3 is 0 Å². The van der Waals surface area contributed by atoms with Crippen LogP contribution in [0, 0.1) is 0 Å². The molecule has 0 amide bonds. The highest BCUT2D eigenvalue weighted by Gasteiger charge is 2.06. The molecule has 3 N–H and O–H groups in total. The minimum Gasteiger partial charge on any atom is -0.392 e. The molecule has 0 saturated carbocycles. The molecule has 0 aliphatic heterocycles. The second-order valence-corrected chi connectivity index (χ2v) is 3.97. The molecule has 3 nitrogen and oxygen atoms in total. The summed E-state index contributed by atoms with van der Waals surface area (Å²) in [6.07, 6.45) is 0. The zero-order valence-electron chi connectivity index (χ0n) is 9.48. The van der Waals surface area contributed by atoms with Crippen molar-refractivity contribution in [2.75, 3.05) is 13.6 Å². The van der Waals surface area contributed by atoms with Gasteiger partial charge in [0.25, 0.3) is 0 Å². The Morgan fingerprint density at radius 3 is 2.27 bits per heavy atom. The molecule has 1 atom stereocenters. The molecule has 0 aromatic heterocycles. The number of hydrogen-bond acceptors (Lipinski definition) is 3. The van der Waals surface area contributed by atoms with Crippen LogP contribution in [-0.2, 0) is 13.2 Å². The van der Waals surface area contributed by atoms with E-state index in [9.17, 15) is 0 Å². The van der Waals surface area contributed by atoms with Gasteiger partial charge in [-0.05, 0) is 25.1 Å². The first-order valence-electron chi connectivity index (χ1n) is 5.26. The van der Waals surface area contributed by atoms with Gasteiger partial charge in [-0.25, -0.2) is 0 Å². The van der Waals surface area contributed by atoms with Crippen molar-refractivity contribution in [1.82, 2.24) is 4.90 Å². The highest BCUT2D eigenvalue weighted by atomic mass is 16.3. The van der Waals surface area contributed by atoms with Gasteiger partial charge in [-0.1, -0.05) is 24.3 Å². The standard InChI is InChI=1S/C12H20N2O/c1-10(7-13)14(2)8-11-3-5-12(9-15)6-4-11/h3-6,10,15H,7-9,13H2,1-2H3. The quantitative estimate of drug-likeness (QED) is 0.757. The van der Waals surface area contributed by atoms with Crippen LogP contribution in [0.5, 0.6) is 0 Å². The predicted octanol–water partition coefficient (Wildman–Crippen LogP) is 0.958. The van der Waals surface area contributed by atoms with E-state index >= 15 is 0 Å². The molecule has 1 rings (SSSR count). The van der Waals surface area contributed by atoms with Gasteiger partial charge in [0.15, 0.2) is 0 Å². The Morgan fingerprint density at radius 2 is 1.80 bits per heavy atom. The molecule has 0 spiro atoms. The molecular formula is C12H20N2O. The van der Waals surface area contributed by atoms with Gasteiger partial charge in [-0.3, -0.25) is 4.90 Å². The van der Waals surface area contributed by atoms with Crippen molar-refractivity contribution in [1.29, 1.82) is 0 Å².